The van der Waals surface area contributed by atoms with Gasteiger partial charge in [0.1, 0.15) is 0 Å². The SMILES string of the molecule is O=C(CCO)N1CCC2(C1)SCCN2Cc1ccccc1. The smallest absolute Gasteiger partial charge is 0.224 e. The number of aliphatic hydroxyl groups excluding tert-OH is 1. The van der Waals surface area contributed by atoms with Gasteiger partial charge < -0.3 is 10.0 Å². The molecule has 4 nitrogen and oxygen atoms in total. The number of aliphatic hydroxyl groups is 1. The highest BCUT2D eigenvalue weighted by atomic mass is 32.2. The number of amides is 1. The second-order valence-electron chi connectivity index (χ2n) is 5.74. The summed E-state index contributed by atoms with van der Waals surface area (Å²) in [4.78, 5) is 16.5. The largest absolute Gasteiger partial charge is 0.396 e. The van der Waals surface area contributed by atoms with E-state index in [0.717, 1.165) is 38.4 Å². The minimum atomic E-state index is -0.0524. The van der Waals surface area contributed by atoms with Gasteiger partial charge in [0.15, 0.2) is 0 Å². The van der Waals surface area contributed by atoms with Crippen LogP contribution in [0.15, 0.2) is 30.3 Å². The first-order chi connectivity index (χ1) is 10.2. The Kier molecular flexibility index (Phi) is 4.52. The van der Waals surface area contributed by atoms with E-state index in [-0.39, 0.29) is 23.8 Å². The van der Waals surface area contributed by atoms with Gasteiger partial charge in [0.05, 0.1) is 11.5 Å². The molecule has 21 heavy (non-hydrogen) atoms. The van der Waals surface area contributed by atoms with Crippen LogP contribution < -0.4 is 0 Å². The summed E-state index contributed by atoms with van der Waals surface area (Å²) in [5, 5.41) is 8.94. The molecule has 1 unspecified atom stereocenters. The number of hydrogen-bond donors (Lipinski definition) is 1. The van der Waals surface area contributed by atoms with Crippen LogP contribution in [-0.4, -0.2) is 57.7 Å². The first-order valence-electron chi connectivity index (χ1n) is 7.55. The minimum Gasteiger partial charge on any atom is -0.396 e. The molecule has 1 amide bonds. The second-order valence-corrected chi connectivity index (χ2v) is 7.20. The molecule has 0 bridgehead atoms. The number of likely N-dealkylation sites (tertiary alicyclic amines) is 1. The van der Waals surface area contributed by atoms with E-state index in [2.05, 4.69) is 29.2 Å². The lowest BCUT2D eigenvalue weighted by atomic mass is 10.1. The van der Waals surface area contributed by atoms with E-state index in [9.17, 15) is 4.79 Å². The Labute approximate surface area is 130 Å². The van der Waals surface area contributed by atoms with E-state index >= 15 is 0 Å². The summed E-state index contributed by atoms with van der Waals surface area (Å²) in [6.07, 6.45) is 1.28. The van der Waals surface area contributed by atoms with E-state index in [4.69, 9.17) is 5.11 Å². The lowest BCUT2D eigenvalue weighted by Gasteiger charge is -2.34. The van der Waals surface area contributed by atoms with E-state index in [1.54, 1.807) is 0 Å². The fraction of sp³-hybridized carbons (Fsp3) is 0.562. The zero-order valence-corrected chi connectivity index (χ0v) is 13.0. The fourth-order valence-electron chi connectivity index (χ4n) is 3.28. The van der Waals surface area contributed by atoms with Crippen LogP contribution in [0.25, 0.3) is 0 Å². The van der Waals surface area contributed by atoms with Crippen LogP contribution in [0.1, 0.15) is 18.4 Å². The molecule has 114 valence electrons. The van der Waals surface area contributed by atoms with Crippen LogP contribution in [0.4, 0.5) is 0 Å². The fourth-order valence-corrected chi connectivity index (χ4v) is 4.79. The zero-order valence-electron chi connectivity index (χ0n) is 12.2. The molecule has 1 spiro atoms. The number of thioether (sulfide) groups is 1. The van der Waals surface area contributed by atoms with E-state index in [1.165, 1.54) is 5.56 Å². The zero-order chi connectivity index (χ0) is 14.7. The summed E-state index contributed by atoms with van der Waals surface area (Å²) in [7, 11) is 0. The number of nitrogens with zero attached hydrogens (tertiary/aromatic N) is 2. The average Bonchev–Trinajstić information content (AvgIpc) is 3.09. The molecule has 2 aliphatic rings. The Hall–Kier alpha value is -1.04. The third-order valence-electron chi connectivity index (χ3n) is 4.41. The van der Waals surface area contributed by atoms with Crippen LogP contribution >= 0.6 is 11.8 Å². The van der Waals surface area contributed by atoms with Crippen molar-refractivity contribution in [2.45, 2.75) is 24.3 Å². The normalized spacial score (nSPS) is 25.9. The monoisotopic (exact) mass is 306 g/mol. The molecule has 1 aromatic carbocycles. The summed E-state index contributed by atoms with van der Waals surface area (Å²) in [6, 6.07) is 10.5. The Morgan fingerprint density at radius 1 is 1.29 bits per heavy atom. The maximum atomic E-state index is 12.0. The molecule has 2 heterocycles. The molecule has 1 N–H and O–H groups in total. The minimum absolute atomic E-state index is 0.0524. The van der Waals surface area contributed by atoms with Crippen molar-refractivity contribution in [2.75, 3.05) is 32.0 Å². The van der Waals surface area contributed by atoms with Gasteiger partial charge in [0.2, 0.25) is 5.91 Å². The van der Waals surface area contributed by atoms with Gasteiger partial charge in [-0.15, -0.1) is 11.8 Å². The first-order valence-corrected chi connectivity index (χ1v) is 8.54. The van der Waals surface area contributed by atoms with Crippen molar-refractivity contribution in [3.63, 3.8) is 0 Å². The van der Waals surface area contributed by atoms with Gasteiger partial charge in [0.25, 0.3) is 0 Å². The van der Waals surface area contributed by atoms with E-state index in [0.29, 0.717) is 0 Å². The van der Waals surface area contributed by atoms with Gasteiger partial charge in [-0.1, -0.05) is 30.3 Å². The molecule has 1 aromatic rings. The highest BCUT2D eigenvalue weighted by Crippen LogP contribution is 2.43. The van der Waals surface area contributed by atoms with Crippen LogP contribution in [0.2, 0.25) is 0 Å². The molecule has 2 aliphatic heterocycles. The van der Waals surface area contributed by atoms with Crippen molar-refractivity contribution < 1.29 is 9.90 Å². The van der Waals surface area contributed by atoms with Gasteiger partial charge in [0, 0.05) is 38.4 Å². The van der Waals surface area contributed by atoms with Crippen LogP contribution in [0, 0.1) is 0 Å². The molecule has 2 saturated heterocycles. The maximum absolute atomic E-state index is 12.0. The lowest BCUT2D eigenvalue weighted by molar-refractivity contribution is -0.131. The van der Waals surface area contributed by atoms with Gasteiger partial charge in [-0.3, -0.25) is 9.69 Å². The molecule has 0 aliphatic carbocycles. The Morgan fingerprint density at radius 3 is 2.86 bits per heavy atom. The quantitative estimate of drug-likeness (QED) is 0.916. The predicted octanol–water partition coefficient (Wildman–Crippen LogP) is 1.55. The van der Waals surface area contributed by atoms with Gasteiger partial charge in [-0.05, 0) is 12.0 Å². The standard InChI is InChI=1S/C16H22N2O2S/c19-10-6-15(20)17-8-7-16(13-17)18(9-11-21-16)12-14-4-2-1-3-5-14/h1-5,19H,6-13H2. The molecule has 3 rings (SSSR count). The van der Waals surface area contributed by atoms with E-state index in [1.807, 2.05) is 22.7 Å². The molecule has 2 fully saturated rings. The number of rotatable bonds is 4. The molecular weight excluding hydrogens is 284 g/mol. The molecule has 5 heteroatoms. The molecule has 1 atom stereocenters. The number of carbonyl (C=O) groups excluding carboxylic acids is 1. The lowest BCUT2D eigenvalue weighted by Crippen LogP contribution is -2.44. The summed E-state index contributed by atoms with van der Waals surface area (Å²) in [6.45, 7) is 3.60. The van der Waals surface area contributed by atoms with Crippen LogP contribution in [-0.2, 0) is 11.3 Å². The van der Waals surface area contributed by atoms with Crippen molar-refractivity contribution in [1.29, 1.82) is 0 Å². The topological polar surface area (TPSA) is 43.8 Å². The maximum Gasteiger partial charge on any atom is 0.224 e. The molecule has 0 radical (unpaired) electrons. The molecular formula is C16H22N2O2S. The average molecular weight is 306 g/mol. The van der Waals surface area contributed by atoms with E-state index < -0.39 is 0 Å². The Bertz CT molecular complexity index is 496. The van der Waals surface area contributed by atoms with Crippen LogP contribution in [0.3, 0.4) is 0 Å². The number of carbonyl (C=O) groups is 1. The summed E-state index contributed by atoms with van der Waals surface area (Å²) in [5.41, 5.74) is 1.33. The number of benzene rings is 1. The van der Waals surface area contributed by atoms with Crippen molar-refractivity contribution in [3.05, 3.63) is 35.9 Å². The third-order valence-corrected chi connectivity index (χ3v) is 5.93. The third kappa shape index (κ3) is 3.10. The Morgan fingerprint density at radius 2 is 2.10 bits per heavy atom. The Balaban J connectivity index is 1.68. The summed E-state index contributed by atoms with van der Waals surface area (Å²) in [5.74, 6) is 1.22. The van der Waals surface area contributed by atoms with Gasteiger partial charge in [-0.2, -0.15) is 0 Å². The highest BCUT2D eigenvalue weighted by molar-refractivity contribution is 8.00. The predicted molar refractivity (Wildman–Crippen MR) is 84.9 cm³/mol. The van der Waals surface area contributed by atoms with Crippen molar-refractivity contribution in [3.8, 4) is 0 Å². The van der Waals surface area contributed by atoms with Crippen molar-refractivity contribution >= 4 is 17.7 Å². The van der Waals surface area contributed by atoms with Crippen molar-refractivity contribution in [1.82, 2.24) is 9.80 Å². The summed E-state index contributed by atoms with van der Waals surface area (Å²) >= 11 is 1.99. The molecule has 0 saturated carbocycles. The number of hydrogen-bond acceptors (Lipinski definition) is 4. The second kappa shape index (κ2) is 6.38. The van der Waals surface area contributed by atoms with Crippen molar-refractivity contribution in [2.24, 2.45) is 0 Å². The first kappa shape index (κ1) is 14.9. The molecule has 0 aromatic heterocycles. The van der Waals surface area contributed by atoms with Gasteiger partial charge >= 0.3 is 0 Å². The highest BCUT2D eigenvalue weighted by Gasteiger charge is 2.47. The summed E-state index contributed by atoms with van der Waals surface area (Å²) < 4.78 is 0. The van der Waals surface area contributed by atoms with Gasteiger partial charge in [-0.25, -0.2) is 0 Å². The van der Waals surface area contributed by atoms with Crippen LogP contribution in [0.5, 0.6) is 0 Å².